The summed E-state index contributed by atoms with van der Waals surface area (Å²) in [5, 5.41) is 3.33. The van der Waals surface area contributed by atoms with Gasteiger partial charge in [-0.3, -0.25) is 9.59 Å². The van der Waals surface area contributed by atoms with Crippen molar-refractivity contribution in [1.29, 1.82) is 0 Å². The molecule has 2 saturated heterocycles. The highest BCUT2D eigenvalue weighted by molar-refractivity contribution is 5.97. The minimum absolute atomic E-state index is 0. The van der Waals surface area contributed by atoms with Crippen molar-refractivity contribution in [2.24, 2.45) is 5.92 Å². The molecule has 9 heteroatoms. The van der Waals surface area contributed by atoms with Gasteiger partial charge in [0.2, 0.25) is 5.91 Å². The largest absolute Gasteiger partial charge is 0.434 e. The van der Waals surface area contributed by atoms with Crippen LogP contribution >= 0.6 is 12.4 Å². The number of nitrogens with zero attached hydrogens (tertiary/aromatic N) is 2. The molecule has 0 aromatic heterocycles. The minimum atomic E-state index is -2.98. The second kappa shape index (κ2) is 11.3. The average Bonchev–Trinajstić information content (AvgIpc) is 2.72. The van der Waals surface area contributed by atoms with Crippen LogP contribution in [0.1, 0.15) is 36.0 Å². The van der Waals surface area contributed by atoms with E-state index in [1.54, 1.807) is 21.9 Å². The SMILES string of the molecule is Cl.O=C(CCC1CCNCC1)N1CCN(C(=O)c2ccccc2OC(F)F)CC1. The van der Waals surface area contributed by atoms with E-state index in [1.807, 2.05) is 0 Å². The number of piperidine rings is 1. The fourth-order valence-electron chi connectivity index (χ4n) is 3.83. The zero-order chi connectivity index (χ0) is 19.9. The Bertz CT molecular complexity index is 679. The molecule has 0 atom stereocenters. The Morgan fingerprint density at radius 2 is 1.69 bits per heavy atom. The van der Waals surface area contributed by atoms with Gasteiger partial charge in [-0.2, -0.15) is 8.78 Å². The second-order valence-electron chi connectivity index (χ2n) is 7.28. The monoisotopic (exact) mass is 431 g/mol. The first-order chi connectivity index (χ1) is 13.5. The quantitative estimate of drug-likeness (QED) is 0.752. The van der Waals surface area contributed by atoms with Gasteiger partial charge < -0.3 is 19.9 Å². The Balaban J connectivity index is 0.00000300. The van der Waals surface area contributed by atoms with Gasteiger partial charge in [-0.25, -0.2) is 0 Å². The van der Waals surface area contributed by atoms with E-state index in [2.05, 4.69) is 10.1 Å². The van der Waals surface area contributed by atoms with Crippen molar-refractivity contribution in [3.05, 3.63) is 29.8 Å². The number of alkyl halides is 2. The molecule has 162 valence electrons. The van der Waals surface area contributed by atoms with E-state index in [-0.39, 0.29) is 35.5 Å². The Morgan fingerprint density at radius 1 is 1.07 bits per heavy atom. The Morgan fingerprint density at radius 3 is 2.34 bits per heavy atom. The fraction of sp³-hybridized carbons (Fsp3) is 0.600. The van der Waals surface area contributed by atoms with Crippen molar-refractivity contribution in [2.45, 2.75) is 32.3 Å². The average molecular weight is 432 g/mol. The highest BCUT2D eigenvalue weighted by Crippen LogP contribution is 2.23. The molecule has 0 spiro atoms. The second-order valence-corrected chi connectivity index (χ2v) is 7.28. The molecule has 29 heavy (non-hydrogen) atoms. The molecule has 0 bridgehead atoms. The number of benzene rings is 1. The van der Waals surface area contributed by atoms with Crippen LogP contribution in [0.15, 0.2) is 24.3 Å². The number of carbonyl (C=O) groups is 2. The number of nitrogens with one attached hydrogen (secondary N) is 1. The van der Waals surface area contributed by atoms with Crippen molar-refractivity contribution in [1.82, 2.24) is 15.1 Å². The van der Waals surface area contributed by atoms with E-state index in [0.29, 0.717) is 38.5 Å². The van der Waals surface area contributed by atoms with Crippen LogP contribution in [0.4, 0.5) is 8.78 Å². The van der Waals surface area contributed by atoms with Crippen molar-refractivity contribution >= 4 is 24.2 Å². The van der Waals surface area contributed by atoms with Crippen LogP contribution < -0.4 is 10.1 Å². The lowest BCUT2D eigenvalue weighted by Crippen LogP contribution is -2.50. The Hall–Kier alpha value is -1.93. The van der Waals surface area contributed by atoms with Crippen LogP contribution in [0.3, 0.4) is 0 Å². The molecule has 2 heterocycles. The highest BCUT2D eigenvalue weighted by Gasteiger charge is 2.27. The third kappa shape index (κ3) is 6.54. The molecule has 0 saturated carbocycles. The smallest absolute Gasteiger partial charge is 0.387 e. The predicted molar refractivity (Wildman–Crippen MR) is 108 cm³/mol. The lowest BCUT2D eigenvalue weighted by atomic mass is 9.93. The normalized spacial score (nSPS) is 17.8. The molecule has 1 aromatic carbocycles. The van der Waals surface area contributed by atoms with Gasteiger partial charge in [-0.05, 0) is 50.4 Å². The molecule has 2 fully saturated rings. The van der Waals surface area contributed by atoms with Crippen LogP contribution in [0, 0.1) is 5.92 Å². The van der Waals surface area contributed by atoms with E-state index in [9.17, 15) is 18.4 Å². The molecule has 2 amide bonds. The number of carbonyl (C=O) groups excluding carboxylic acids is 2. The lowest BCUT2D eigenvalue weighted by molar-refractivity contribution is -0.133. The van der Waals surface area contributed by atoms with Crippen molar-refractivity contribution in [3.63, 3.8) is 0 Å². The highest BCUT2D eigenvalue weighted by atomic mass is 35.5. The number of hydrogen-bond donors (Lipinski definition) is 1. The summed E-state index contributed by atoms with van der Waals surface area (Å²) in [7, 11) is 0. The van der Waals surface area contributed by atoms with Gasteiger partial charge in [0, 0.05) is 32.6 Å². The molecule has 0 unspecified atom stereocenters. The van der Waals surface area contributed by atoms with Crippen LogP contribution in [0.2, 0.25) is 0 Å². The standard InChI is InChI=1S/C20H27F2N3O3.ClH/c21-20(22)28-17-4-2-1-3-16(17)19(27)25-13-11-24(12-14-25)18(26)6-5-15-7-9-23-10-8-15;/h1-4,15,20,23H,5-14H2;1H. The van der Waals surface area contributed by atoms with Crippen LogP contribution in [0.5, 0.6) is 5.75 Å². The first kappa shape index (κ1) is 23.3. The van der Waals surface area contributed by atoms with Crippen LogP contribution in [-0.4, -0.2) is 67.5 Å². The summed E-state index contributed by atoms with van der Waals surface area (Å²) in [4.78, 5) is 28.6. The first-order valence-electron chi connectivity index (χ1n) is 9.86. The van der Waals surface area contributed by atoms with E-state index in [4.69, 9.17) is 0 Å². The number of halogens is 3. The zero-order valence-corrected chi connectivity index (χ0v) is 17.1. The van der Waals surface area contributed by atoms with Gasteiger partial charge in [0.15, 0.2) is 0 Å². The molecule has 1 N–H and O–H groups in total. The van der Waals surface area contributed by atoms with E-state index in [1.165, 1.54) is 12.1 Å². The summed E-state index contributed by atoms with van der Waals surface area (Å²) >= 11 is 0. The lowest BCUT2D eigenvalue weighted by Gasteiger charge is -2.35. The third-order valence-corrected chi connectivity index (χ3v) is 5.48. The van der Waals surface area contributed by atoms with Gasteiger partial charge >= 0.3 is 6.61 Å². The van der Waals surface area contributed by atoms with Crippen molar-refractivity contribution in [2.75, 3.05) is 39.3 Å². The Kier molecular flexibility index (Phi) is 9.10. The van der Waals surface area contributed by atoms with Gasteiger partial charge in [0.05, 0.1) is 5.56 Å². The summed E-state index contributed by atoms with van der Waals surface area (Å²) in [5.74, 6) is 0.271. The number of ether oxygens (including phenoxy) is 1. The number of hydrogen-bond acceptors (Lipinski definition) is 4. The van der Waals surface area contributed by atoms with E-state index >= 15 is 0 Å². The zero-order valence-electron chi connectivity index (χ0n) is 16.3. The summed E-state index contributed by atoms with van der Waals surface area (Å²) in [6.07, 6.45) is 3.70. The summed E-state index contributed by atoms with van der Waals surface area (Å²) in [5.41, 5.74) is 0.119. The summed E-state index contributed by atoms with van der Waals surface area (Å²) < 4.78 is 29.6. The molecule has 2 aliphatic heterocycles. The number of amides is 2. The van der Waals surface area contributed by atoms with Crippen molar-refractivity contribution < 1.29 is 23.1 Å². The maximum atomic E-state index is 12.7. The van der Waals surface area contributed by atoms with Gasteiger partial charge in [-0.15, -0.1) is 12.4 Å². The fourth-order valence-corrected chi connectivity index (χ4v) is 3.83. The van der Waals surface area contributed by atoms with E-state index in [0.717, 1.165) is 32.4 Å². The maximum Gasteiger partial charge on any atom is 0.387 e. The molecule has 2 aliphatic rings. The van der Waals surface area contributed by atoms with Crippen molar-refractivity contribution in [3.8, 4) is 5.75 Å². The molecular weight excluding hydrogens is 404 g/mol. The van der Waals surface area contributed by atoms with Crippen LogP contribution in [-0.2, 0) is 4.79 Å². The number of para-hydroxylation sites is 1. The van der Waals surface area contributed by atoms with Crippen LogP contribution in [0.25, 0.3) is 0 Å². The van der Waals surface area contributed by atoms with E-state index < -0.39 is 6.61 Å². The number of piperazine rings is 1. The molecular formula is C20H28ClF2N3O3. The number of rotatable bonds is 6. The van der Waals surface area contributed by atoms with Gasteiger partial charge in [0.1, 0.15) is 5.75 Å². The molecule has 3 rings (SSSR count). The predicted octanol–water partition coefficient (Wildman–Crippen LogP) is 2.77. The van der Waals surface area contributed by atoms with Gasteiger partial charge in [-0.1, -0.05) is 12.1 Å². The maximum absolute atomic E-state index is 12.7. The first-order valence-corrected chi connectivity index (χ1v) is 9.86. The molecule has 6 nitrogen and oxygen atoms in total. The summed E-state index contributed by atoms with van der Waals surface area (Å²) in [6.45, 7) is 0.779. The summed E-state index contributed by atoms with van der Waals surface area (Å²) in [6, 6.07) is 6.01. The Labute approximate surface area is 176 Å². The molecule has 0 aliphatic carbocycles. The molecule has 1 aromatic rings. The topological polar surface area (TPSA) is 61.9 Å². The minimum Gasteiger partial charge on any atom is -0.434 e. The van der Waals surface area contributed by atoms with Gasteiger partial charge in [0.25, 0.3) is 5.91 Å². The molecule has 0 radical (unpaired) electrons. The third-order valence-electron chi connectivity index (χ3n) is 5.48.